The Morgan fingerprint density at radius 3 is 2.11 bits per heavy atom. The van der Waals surface area contributed by atoms with Crippen LogP contribution in [0.15, 0.2) is 54.7 Å². The zero-order valence-electron chi connectivity index (χ0n) is 34.1. The maximum atomic E-state index is 13.5. The van der Waals surface area contributed by atoms with Crippen molar-refractivity contribution in [2.75, 3.05) is 78.9 Å². The average Bonchev–Trinajstić information content (AvgIpc) is 3.52. The molecule has 1 unspecified atom stereocenters. The molecular weight excluding hydrogens is 792 g/mol. The van der Waals surface area contributed by atoms with Gasteiger partial charge in [0.2, 0.25) is 18.2 Å². The Hall–Kier alpha value is -6.02. The van der Waals surface area contributed by atoms with Crippen LogP contribution in [0.1, 0.15) is 83.7 Å². The predicted molar refractivity (Wildman–Crippen MR) is 222 cm³/mol. The highest BCUT2D eigenvalue weighted by atomic mass is 19.4. The number of anilines is 4. The highest BCUT2D eigenvalue weighted by Gasteiger charge is 2.43. The second-order valence-electron chi connectivity index (χ2n) is 16.2. The van der Waals surface area contributed by atoms with Crippen molar-refractivity contribution < 1.29 is 37.1 Å². The van der Waals surface area contributed by atoms with Crippen LogP contribution in [-0.4, -0.2) is 110 Å². The van der Waals surface area contributed by atoms with E-state index >= 15 is 0 Å². The monoisotopic (exact) mass is 841 g/mol. The van der Waals surface area contributed by atoms with E-state index in [1.54, 1.807) is 30.5 Å². The fourth-order valence-electron chi connectivity index (χ4n) is 8.94. The van der Waals surface area contributed by atoms with E-state index in [4.69, 9.17) is 5.26 Å². The van der Waals surface area contributed by atoms with Crippen molar-refractivity contribution in [3.63, 3.8) is 0 Å². The van der Waals surface area contributed by atoms with Gasteiger partial charge in [-0.3, -0.25) is 39.1 Å². The second-order valence-corrected chi connectivity index (χ2v) is 16.2. The minimum atomic E-state index is -4.63. The molecule has 7 rings (SSSR count). The molecule has 4 aliphatic heterocycles. The first-order valence-electron chi connectivity index (χ1n) is 21.0. The summed E-state index contributed by atoms with van der Waals surface area (Å²) in [5.74, 6) is -1.11. The van der Waals surface area contributed by atoms with Gasteiger partial charge in [0.25, 0.3) is 11.8 Å². The van der Waals surface area contributed by atoms with Gasteiger partial charge in [-0.1, -0.05) is 13.3 Å². The van der Waals surface area contributed by atoms with Crippen LogP contribution in [-0.2, 0) is 20.6 Å². The van der Waals surface area contributed by atoms with Gasteiger partial charge in [-0.2, -0.15) is 18.4 Å². The van der Waals surface area contributed by atoms with Gasteiger partial charge < -0.3 is 20.0 Å². The van der Waals surface area contributed by atoms with Crippen LogP contribution in [0.25, 0.3) is 0 Å². The van der Waals surface area contributed by atoms with Gasteiger partial charge in [-0.25, -0.2) is 4.98 Å². The van der Waals surface area contributed by atoms with Gasteiger partial charge in [0, 0.05) is 69.7 Å². The van der Waals surface area contributed by atoms with Crippen molar-refractivity contribution in [1.82, 2.24) is 20.1 Å². The molecule has 4 aliphatic rings. The number of aromatic nitrogens is 1. The quantitative estimate of drug-likeness (QED) is 0.170. The largest absolute Gasteiger partial charge is 0.417 e. The molecule has 2 aromatic carbocycles. The average molecular weight is 842 g/mol. The van der Waals surface area contributed by atoms with Crippen LogP contribution in [0.2, 0.25) is 0 Å². The first kappa shape index (κ1) is 43.1. The zero-order valence-corrected chi connectivity index (χ0v) is 34.1. The van der Waals surface area contributed by atoms with Crippen molar-refractivity contribution in [3.8, 4) is 6.07 Å². The van der Waals surface area contributed by atoms with Gasteiger partial charge in [-0.05, 0) is 99.5 Å². The summed E-state index contributed by atoms with van der Waals surface area (Å²) < 4.78 is 40.4. The summed E-state index contributed by atoms with van der Waals surface area (Å²) in [6, 6.07) is 13.3. The maximum absolute atomic E-state index is 13.5. The Morgan fingerprint density at radius 2 is 1.48 bits per heavy atom. The van der Waals surface area contributed by atoms with E-state index in [1.165, 1.54) is 12.1 Å². The van der Waals surface area contributed by atoms with Gasteiger partial charge in [0.15, 0.2) is 0 Å². The van der Waals surface area contributed by atoms with Crippen LogP contribution in [0, 0.1) is 23.2 Å². The van der Waals surface area contributed by atoms with Crippen LogP contribution in [0.3, 0.4) is 0 Å². The highest BCUT2D eigenvalue weighted by molar-refractivity contribution is 6.23. The van der Waals surface area contributed by atoms with Crippen molar-refractivity contribution >= 4 is 52.9 Å². The van der Waals surface area contributed by atoms with Crippen LogP contribution >= 0.6 is 0 Å². The molecule has 0 spiro atoms. The number of amides is 5. The number of rotatable bonds is 13. The lowest BCUT2D eigenvalue weighted by atomic mass is 9.93. The number of carbonyl (C=O) groups is 5. The lowest BCUT2D eigenvalue weighted by molar-refractivity contribution is -0.137. The SMILES string of the molecule is CCCC(C(=O)NC=O)N1C(=O)c2ccc(N3CCN(CCC4CCN(c5ccc(NC(=O)C6CCN(c7ccc(C#N)c(C(F)(F)F)c7)CC6)nc5)CC4)CC3)cc2C1=O. The summed E-state index contributed by atoms with van der Waals surface area (Å²) in [5.41, 5.74) is 1.41. The van der Waals surface area contributed by atoms with E-state index in [9.17, 15) is 37.1 Å². The predicted octanol–water partition coefficient (Wildman–Crippen LogP) is 5.29. The summed E-state index contributed by atoms with van der Waals surface area (Å²) in [4.78, 5) is 77.4. The standard InChI is InChI=1S/C44H50F3N9O5/c1-2-3-38(41(59)50-28-57)56-42(60)35-8-6-32(24-36(35)43(56)61)55-22-20-52(21-23-55)15-10-29-11-16-54(17-12-29)34-7-9-39(49-27-34)51-40(58)30-13-18-53(19-14-30)33-5-4-31(26-48)37(25-33)44(45,46)47/h4-9,24-25,27-30,38H,2-3,10-23H2,1H3,(H,49,51,58)(H,50,57,59). The van der Waals surface area contributed by atoms with Crippen LogP contribution < -0.4 is 25.3 Å². The smallest absolute Gasteiger partial charge is 0.371 e. The number of fused-ring (bicyclic) bond motifs is 1. The number of alkyl halides is 3. The van der Waals surface area contributed by atoms with Crippen molar-refractivity contribution in [2.24, 2.45) is 11.8 Å². The molecule has 2 N–H and O–H groups in total. The first-order chi connectivity index (χ1) is 29.4. The third-order valence-corrected chi connectivity index (χ3v) is 12.5. The number of benzene rings is 2. The van der Waals surface area contributed by atoms with Crippen molar-refractivity contribution in [2.45, 2.75) is 64.1 Å². The third-order valence-electron chi connectivity index (χ3n) is 12.5. The molecule has 322 valence electrons. The number of carbonyl (C=O) groups excluding carboxylic acids is 5. The molecule has 3 aromatic rings. The van der Waals surface area contributed by atoms with Crippen molar-refractivity contribution in [3.05, 3.63) is 77.0 Å². The summed E-state index contributed by atoms with van der Waals surface area (Å²) in [5, 5.41) is 14.1. The fourth-order valence-corrected chi connectivity index (χ4v) is 8.94. The Kier molecular flexibility index (Phi) is 13.2. The van der Waals surface area contributed by atoms with E-state index in [0.29, 0.717) is 49.8 Å². The number of halogens is 3. The van der Waals surface area contributed by atoms with E-state index in [2.05, 4.69) is 30.3 Å². The number of imide groups is 2. The number of pyridine rings is 1. The second kappa shape index (κ2) is 18.7. The molecule has 1 atom stereocenters. The molecule has 1 aromatic heterocycles. The van der Waals surface area contributed by atoms with Crippen molar-refractivity contribution in [1.29, 1.82) is 5.26 Å². The van der Waals surface area contributed by atoms with Crippen LogP contribution in [0.5, 0.6) is 0 Å². The number of hydrogen-bond acceptors (Lipinski definition) is 11. The molecule has 3 fully saturated rings. The molecule has 14 nitrogen and oxygen atoms in total. The molecule has 5 amide bonds. The van der Waals surface area contributed by atoms with E-state index in [0.717, 1.165) is 87.4 Å². The Balaban J connectivity index is 0.818. The van der Waals surface area contributed by atoms with Gasteiger partial charge in [-0.15, -0.1) is 0 Å². The summed E-state index contributed by atoms with van der Waals surface area (Å²) in [7, 11) is 0. The molecule has 0 radical (unpaired) electrons. The lowest BCUT2D eigenvalue weighted by Crippen LogP contribution is -2.49. The number of piperidine rings is 2. The summed E-state index contributed by atoms with van der Waals surface area (Å²) in [6.07, 6.45) is 2.41. The van der Waals surface area contributed by atoms with Gasteiger partial charge in [0.05, 0.1) is 40.2 Å². The number of hydrogen-bond donors (Lipinski definition) is 2. The number of piperazine rings is 1. The third kappa shape index (κ3) is 9.64. The first-order valence-corrected chi connectivity index (χ1v) is 21.0. The molecule has 0 aliphatic carbocycles. The topological polar surface area (TPSA) is 162 Å². The van der Waals surface area contributed by atoms with E-state index in [-0.39, 0.29) is 35.8 Å². The molecule has 0 bridgehead atoms. The molecule has 61 heavy (non-hydrogen) atoms. The number of nitrogens with zero attached hydrogens (tertiary/aromatic N) is 7. The van der Waals surface area contributed by atoms with Gasteiger partial charge >= 0.3 is 6.18 Å². The fraction of sp³-hybridized carbons (Fsp3) is 0.477. The molecule has 5 heterocycles. The van der Waals surface area contributed by atoms with E-state index in [1.807, 2.05) is 24.0 Å². The number of nitrogens with one attached hydrogen (secondary N) is 2. The maximum Gasteiger partial charge on any atom is 0.417 e. The lowest BCUT2D eigenvalue weighted by Gasteiger charge is -2.38. The number of nitriles is 1. The highest BCUT2D eigenvalue weighted by Crippen LogP contribution is 2.36. The Labute approximate surface area is 352 Å². The summed E-state index contributed by atoms with van der Waals surface area (Å²) in [6.45, 7) is 8.80. The van der Waals surface area contributed by atoms with Gasteiger partial charge in [0.1, 0.15) is 11.9 Å². The normalized spacial score (nSPS) is 18.5. The van der Waals surface area contributed by atoms with E-state index < -0.39 is 41.1 Å². The Morgan fingerprint density at radius 1 is 0.852 bits per heavy atom. The molecule has 3 saturated heterocycles. The minimum Gasteiger partial charge on any atom is -0.371 e. The summed E-state index contributed by atoms with van der Waals surface area (Å²) >= 11 is 0. The minimum absolute atomic E-state index is 0.163. The molecular formula is C44H50F3N9O5. The molecule has 0 saturated carbocycles. The van der Waals surface area contributed by atoms with Crippen LogP contribution in [0.4, 0.5) is 36.1 Å². The Bertz CT molecular complexity index is 2150. The zero-order chi connectivity index (χ0) is 43.3. The molecule has 17 heteroatoms.